The zero-order valence-electron chi connectivity index (χ0n) is 15.4. The first-order chi connectivity index (χ1) is 11.0. The van der Waals surface area contributed by atoms with Crippen molar-refractivity contribution in [2.45, 2.75) is 59.3 Å². The van der Waals surface area contributed by atoms with Gasteiger partial charge in [0.05, 0.1) is 4.88 Å². The number of hydrogen-bond donors (Lipinski definition) is 2. The Balaban J connectivity index is 2.74. The summed E-state index contributed by atoms with van der Waals surface area (Å²) < 4.78 is 0. The van der Waals surface area contributed by atoms with Crippen LogP contribution in [0.4, 0.5) is 0 Å². The molecule has 0 fully saturated rings. The van der Waals surface area contributed by atoms with Crippen LogP contribution in [-0.4, -0.2) is 34.0 Å². The number of thioether (sulfide) groups is 1. The Labute approximate surface area is 153 Å². The molecule has 24 heavy (non-hydrogen) atoms. The van der Waals surface area contributed by atoms with Gasteiger partial charge in [0.2, 0.25) is 0 Å². The molecular weight excluding hydrogens is 342 g/mol. The van der Waals surface area contributed by atoms with Gasteiger partial charge in [-0.2, -0.15) is 0 Å². The van der Waals surface area contributed by atoms with Gasteiger partial charge in [-0.3, -0.25) is 9.59 Å². The number of hydrogen-bond acceptors (Lipinski definition) is 4. The number of carbonyl (C=O) groups excluding carboxylic acids is 1. The third-order valence-corrected chi connectivity index (χ3v) is 6.37. The standard InChI is InChI=1S/C18H29NO3S2/c1-11(2)9-13(10-23-15(17(21)22)18(4,5)6)19-16(20)14-8-7-12(3)24-14/h7-8,11,13,15H,9-10H2,1-6H3,(H,19,20)(H,21,22)/t13?,15-/m1/s1. The normalized spacial score (nSPS) is 14.5. The van der Waals surface area contributed by atoms with E-state index in [0.717, 1.165) is 11.3 Å². The van der Waals surface area contributed by atoms with Crippen molar-refractivity contribution in [2.75, 3.05) is 5.75 Å². The molecule has 0 saturated heterocycles. The number of thiophene rings is 1. The molecule has 0 aliphatic heterocycles. The number of rotatable bonds is 8. The maximum Gasteiger partial charge on any atom is 0.317 e. The number of nitrogens with one attached hydrogen (secondary N) is 1. The Bertz CT molecular complexity index is 561. The molecule has 1 rings (SSSR count). The van der Waals surface area contributed by atoms with E-state index in [1.165, 1.54) is 23.1 Å². The van der Waals surface area contributed by atoms with E-state index in [2.05, 4.69) is 19.2 Å². The minimum Gasteiger partial charge on any atom is -0.480 e. The molecule has 0 aromatic carbocycles. The van der Waals surface area contributed by atoms with Gasteiger partial charge in [-0.25, -0.2) is 0 Å². The minimum absolute atomic E-state index is 0.0332. The molecule has 0 bridgehead atoms. The Morgan fingerprint density at radius 2 is 1.92 bits per heavy atom. The van der Waals surface area contributed by atoms with Crippen molar-refractivity contribution in [1.29, 1.82) is 0 Å². The number of carboxylic acids is 1. The summed E-state index contributed by atoms with van der Waals surface area (Å²) in [5.41, 5.74) is -0.326. The average Bonchev–Trinajstić information content (AvgIpc) is 2.82. The van der Waals surface area contributed by atoms with E-state index in [4.69, 9.17) is 0 Å². The molecule has 2 N–H and O–H groups in total. The number of aryl methyl sites for hydroxylation is 1. The predicted molar refractivity (Wildman–Crippen MR) is 103 cm³/mol. The highest BCUT2D eigenvalue weighted by molar-refractivity contribution is 8.00. The molecule has 0 saturated carbocycles. The molecule has 1 aromatic heterocycles. The van der Waals surface area contributed by atoms with Crippen LogP contribution < -0.4 is 5.32 Å². The summed E-state index contributed by atoms with van der Waals surface area (Å²) in [5, 5.41) is 12.0. The summed E-state index contributed by atoms with van der Waals surface area (Å²) in [5.74, 6) is 0.166. The molecule has 0 aliphatic rings. The lowest BCUT2D eigenvalue weighted by atomic mass is 9.92. The van der Waals surface area contributed by atoms with E-state index in [9.17, 15) is 14.7 Å². The summed E-state index contributed by atoms with van der Waals surface area (Å²) in [6.45, 7) is 12.0. The number of carboxylic acid groups (broad SMARTS) is 1. The highest BCUT2D eigenvalue weighted by Gasteiger charge is 2.32. The Kier molecular flexibility index (Phi) is 7.80. The zero-order chi connectivity index (χ0) is 18.5. The number of aliphatic carboxylic acids is 1. The largest absolute Gasteiger partial charge is 0.480 e. The van der Waals surface area contributed by atoms with Gasteiger partial charge in [0.15, 0.2) is 0 Å². The van der Waals surface area contributed by atoms with Crippen LogP contribution in [0.5, 0.6) is 0 Å². The summed E-state index contributed by atoms with van der Waals surface area (Å²) in [4.78, 5) is 25.7. The van der Waals surface area contributed by atoms with Crippen LogP contribution in [0.2, 0.25) is 0 Å². The van der Waals surface area contributed by atoms with E-state index in [1.54, 1.807) is 0 Å². The van der Waals surface area contributed by atoms with Crippen LogP contribution in [0.15, 0.2) is 12.1 Å². The molecule has 1 heterocycles. The van der Waals surface area contributed by atoms with Gasteiger partial charge in [0, 0.05) is 16.7 Å². The molecule has 1 amide bonds. The number of amides is 1. The van der Waals surface area contributed by atoms with Crippen molar-refractivity contribution >= 4 is 35.0 Å². The monoisotopic (exact) mass is 371 g/mol. The SMILES string of the molecule is Cc1ccc(C(=O)NC(CS[C@H](C(=O)O)C(C)(C)C)CC(C)C)s1. The molecule has 1 aromatic rings. The molecule has 1 unspecified atom stereocenters. The topological polar surface area (TPSA) is 66.4 Å². The summed E-state index contributed by atoms with van der Waals surface area (Å²) in [6.07, 6.45) is 0.833. The number of carbonyl (C=O) groups is 2. The van der Waals surface area contributed by atoms with Crippen LogP contribution in [-0.2, 0) is 4.79 Å². The van der Waals surface area contributed by atoms with Crippen LogP contribution in [0.25, 0.3) is 0 Å². The van der Waals surface area contributed by atoms with E-state index in [0.29, 0.717) is 16.5 Å². The van der Waals surface area contributed by atoms with Gasteiger partial charge in [0.25, 0.3) is 5.91 Å². The molecule has 0 radical (unpaired) electrons. The van der Waals surface area contributed by atoms with Crippen LogP contribution >= 0.6 is 23.1 Å². The van der Waals surface area contributed by atoms with Crippen molar-refractivity contribution in [2.24, 2.45) is 11.3 Å². The van der Waals surface area contributed by atoms with Crippen LogP contribution in [0.1, 0.15) is 55.6 Å². The average molecular weight is 372 g/mol. The van der Waals surface area contributed by atoms with E-state index in [1.807, 2.05) is 39.8 Å². The summed E-state index contributed by atoms with van der Waals surface area (Å²) >= 11 is 2.90. The van der Waals surface area contributed by atoms with Crippen molar-refractivity contribution < 1.29 is 14.7 Å². The fraction of sp³-hybridized carbons (Fsp3) is 0.667. The highest BCUT2D eigenvalue weighted by atomic mass is 32.2. The molecular formula is C18H29NO3S2. The molecule has 2 atom stereocenters. The van der Waals surface area contributed by atoms with E-state index < -0.39 is 11.2 Å². The second kappa shape index (κ2) is 8.90. The fourth-order valence-electron chi connectivity index (χ4n) is 2.45. The Morgan fingerprint density at radius 3 is 2.33 bits per heavy atom. The van der Waals surface area contributed by atoms with E-state index >= 15 is 0 Å². The maximum absolute atomic E-state index is 12.4. The maximum atomic E-state index is 12.4. The lowest BCUT2D eigenvalue weighted by Gasteiger charge is -2.28. The fourth-order valence-corrected chi connectivity index (χ4v) is 4.51. The first-order valence-electron chi connectivity index (χ1n) is 8.22. The second-order valence-corrected chi connectivity index (χ2v) is 10.1. The molecule has 0 aliphatic carbocycles. The van der Waals surface area contributed by atoms with Crippen molar-refractivity contribution in [3.05, 3.63) is 21.9 Å². The third-order valence-electron chi connectivity index (χ3n) is 3.53. The minimum atomic E-state index is -0.795. The smallest absolute Gasteiger partial charge is 0.317 e. The first-order valence-corrected chi connectivity index (χ1v) is 10.1. The van der Waals surface area contributed by atoms with Crippen molar-refractivity contribution in [1.82, 2.24) is 5.32 Å². The highest BCUT2D eigenvalue weighted by Crippen LogP contribution is 2.31. The molecule has 136 valence electrons. The van der Waals surface area contributed by atoms with Gasteiger partial charge in [-0.05, 0) is 36.8 Å². The van der Waals surface area contributed by atoms with Crippen molar-refractivity contribution in [3.63, 3.8) is 0 Å². The van der Waals surface area contributed by atoms with Gasteiger partial charge >= 0.3 is 5.97 Å². The van der Waals surface area contributed by atoms with Crippen molar-refractivity contribution in [3.8, 4) is 0 Å². The van der Waals surface area contributed by atoms with Gasteiger partial charge in [-0.1, -0.05) is 34.6 Å². The molecule has 6 heteroatoms. The predicted octanol–water partition coefficient (Wildman–Crippen LogP) is 4.43. The lowest BCUT2D eigenvalue weighted by Crippen LogP contribution is -2.39. The molecule has 0 spiro atoms. The van der Waals surface area contributed by atoms with Gasteiger partial charge < -0.3 is 10.4 Å². The quantitative estimate of drug-likeness (QED) is 0.709. The second-order valence-electron chi connectivity index (χ2n) is 7.63. The van der Waals surface area contributed by atoms with Crippen LogP contribution in [0.3, 0.4) is 0 Å². The zero-order valence-corrected chi connectivity index (χ0v) is 17.0. The molecule has 4 nitrogen and oxygen atoms in total. The van der Waals surface area contributed by atoms with Gasteiger partial charge in [-0.15, -0.1) is 23.1 Å². The summed E-state index contributed by atoms with van der Waals surface area (Å²) in [6, 6.07) is 3.74. The van der Waals surface area contributed by atoms with E-state index in [-0.39, 0.29) is 17.4 Å². The first kappa shape index (κ1) is 21.0. The lowest BCUT2D eigenvalue weighted by molar-refractivity contribution is -0.138. The Hall–Kier alpha value is -1.01. The third kappa shape index (κ3) is 6.85. The van der Waals surface area contributed by atoms with Gasteiger partial charge in [0.1, 0.15) is 5.25 Å². The Morgan fingerprint density at radius 1 is 1.29 bits per heavy atom. The van der Waals surface area contributed by atoms with Crippen LogP contribution in [0, 0.1) is 18.3 Å². The summed E-state index contributed by atoms with van der Waals surface area (Å²) in [7, 11) is 0.